The third-order valence-corrected chi connectivity index (χ3v) is 4.44. The van der Waals surface area contributed by atoms with Crippen LogP contribution < -0.4 is 5.32 Å². The quantitative estimate of drug-likeness (QED) is 0.678. The summed E-state index contributed by atoms with van der Waals surface area (Å²) in [7, 11) is 0. The SMILES string of the molecule is Cc1cc(NCC2CCSCC2)c([N+](=O)[O-])cc1F. The molecular formula is C13H17FN2O2S. The minimum absolute atomic E-state index is 0.187. The average Bonchev–Trinajstić information content (AvgIpc) is 2.40. The van der Waals surface area contributed by atoms with Crippen molar-refractivity contribution in [3.8, 4) is 0 Å². The lowest BCUT2D eigenvalue weighted by Crippen LogP contribution is -2.19. The van der Waals surface area contributed by atoms with Crippen LogP contribution in [0, 0.1) is 28.8 Å². The summed E-state index contributed by atoms with van der Waals surface area (Å²) in [5, 5.41) is 14.0. The first-order valence-corrected chi connectivity index (χ1v) is 7.49. The third-order valence-electron chi connectivity index (χ3n) is 3.40. The van der Waals surface area contributed by atoms with Crippen LogP contribution in [0.2, 0.25) is 0 Å². The molecule has 0 atom stereocenters. The van der Waals surface area contributed by atoms with E-state index in [0.717, 1.165) is 30.4 Å². The Morgan fingerprint density at radius 3 is 2.79 bits per heavy atom. The largest absolute Gasteiger partial charge is 0.379 e. The number of anilines is 1. The first kappa shape index (κ1) is 14.1. The molecule has 2 rings (SSSR count). The number of thioether (sulfide) groups is 1. The van der Waals surface area contributed by atoms with Crippen LogP contribution in [0.1, 0.15) is 18.4 Å². The fourth-order valence-electron chi connectivity index (χ4n) is 2.17. The summed E-state index contributed by atoms with van der Waals surface area (Å²) in [4.78, 5) is 10.4. The second-order valence-electron chi connectivity index (χ2n) is 4.81. The van der Waals surface area contributed by atoms with Gasteiger partial charge in [-0.2, -0.15) is 11.8 Å². The van der Waals surface area contributed by atoms with Crippen molar-refractivity contribution in [3.63, 3.8) is 0 Å². The van der Waals surface area contributed by atoms with E-state index in [0.29, 0.717) is 23.7 Å². The fourth-order valence-corrected chi connectivity index (χ4v) is 3.37. The topological polar surface area (TPSA) is 55.2 Å². The minimum atomic E-state index is -0.540. The van der Waals surface area contributed by atoms with Crippen molar-refractivity contribution in [3.05, 3.63) is 33.6 Å². The number of nitro benzene ring substituents is 1. The van der Waals surface area contributed by atoms with Crippen molar-refractivity contribution in [1.29, 1.82) is 0 Å². The van der Waals surface area contributed by atoms with Crippen LogP contribution in [0.4, 0.5) is 15.8 Å². The zero-order chi connectivity index (χ0) is 13.8. The van der Waals surface area contributed by atoms with Gasteiger partial charge in [-0.1, -0.05) is 0 Å². The molecule has 0 amide bonds. The van der Waals surface area contributed by atoms with E-state index in [2.05, 4.69) is 5.32 Å². The smallest absolute Gasteiger partial charge is 0.295 e. The van der Waals surface area contributed by atoms with Crippen LogP contribution in [0.3, 0.4) is 0 Å². The fraction of sp³-hybridized carbons (Fsp3) is 0.538. The van der Waals surface area contributed by atoms with Gasteiger partial charge in [-0.15, -0.1) is 0 Å². The van der Waals surface area contributed by atoms with Crippen molar-refractivity contribution < 1.29 is 9.31 Å². The molecule has 4 nitrogen and oxygen atoms in total. The molecule has 1 aliphatic heterocycles. The summed E-state index contributed by atoms with van der Waals surface area (Å²) in [6, 6.07) is 2.51. The molecule has 0 saturated carbocycles. The molecule has 0 bridgehead atoms. The second kappa shape index (κ2) is 6.23. The normalized spacial score (nSPS) is 16.3. The Labute approximate surface area is 115 Å². The maximum Gasteiger partial charge on any atom is 0.295 e. The Morgan fingerprint density at radius 1 is 1.47 bits per heavy atom. The predicted octanol–water partition coefficient (Wildman–Crippen LogP) is 3.60. The number of hydrogen-bond acceptors (Lipinski definition) is 4. The number of rotatable bonds is 4. The molecule has 19 heavy (non-hydrogen) atoms. The number of halogens is 1. The molecule has 0 spiro atoms. The number of nitrogens with one attached hydrogen (secondary N) is 1. The van der Waals surface area contributed by atoms with Gasteiger partial charge < -0.3 is 5.32 Å². The molecule has 1 N–H and O–H groups in total. The average molecular weight is 284 g/mol. The zero-order valence-electron chi connectivity index (χ0n) is 10.8. The van der Waals surface area contributed by atoms with Gasteiger partial charge in [0.2, 0.25) is 0 Å². The molecule has 0 unspecified atom stereocenters. The van der Waals surface area contributed by atoms with Crippen LogP contribution in [0.15, 0.2) is 12.1 Å². The Hall–Kier alpha value is -1.30. The van der Waals surface area contributed by atoms with Gasteiger partial charge in [-0.05, 0) is 48.8 Å². The van der Waals surface area contributed by atoms with Gasteiger partial charge >= 0.3 is 0 Å². The molecular weight excluding hydrogens is 267 g/mol. The van der Waals surface area contributed by atoms with Gasteiger partial charge in [0.05, 0.1) is 11.0 Å². The molecule has 1 fully saturated rings. The molecule has 1 aromatic rings. The number of hydrogen-bond donors (Lipinski definition) is 1. The third kappa shape index (κ3) is 3.59. The Kier molecular flexibility index (Phi) is 4.63. The molecule has 1 aromatic carbocycles. The first-order valence-electron chi connectivity index (χ1n) is 6.34. The van der Waals surface area contributed by atoms with Gasteiger partial charge in [0, 0.05) is 6.54 Å². The highest BCUT2D eigenvalue weighted by Crippen LogP contribution is 2.29. The highest BCUT2D eigenvalue weighted by Gasteiger charge is 2.19. The minimum Gasteiger partial charge on any atom is -0.379 e. The molecule has 1 aliphatic rings. The highest BCUT2D eigenvalue weighted by molar-refractivity contribution is 7.99. The van der Waals surface area contributed by atoms with Crippen LogP contribution in [0.25, 0.3) is 0 Å². The maximum atomic E-state index is 13.4. The molecule has 0 aromatic heterocycles. The lowest BCUT2D eigenvalue weighted by atomic mass is 10.0. The summed E-state index contributed by atoms with van der Waals surface area (Å²) in [6.45, 7) is 2.33. The van der Waals surface area contributed by atoms with Gasteiger partial charge in [0.15, 0.2) is 0 Å². The van der Waals surface area contributed by atoms with Crippen LogP contribution >= 0.6 is 11.8 Å². The predicted molar refractivity (Wildman–Crippen MR) is 76.3 cm³/mol. The second-order valence-corrected chi connectivity index (χ2v) is 6.04. The number of nitro groups is 1. The maximum absolute atomic E-state index is 13.4. The van der Waals surface area contributed by atoms with Gasteiger partial charge in [-0.25, -0.2) is 4.39 Å². The standard InChI is InChI=1S/C13H17FN2O2S/c1-9-6-12(13(16(17)18)7-11(9)14)15-8-10-2-4-19-5-3-10/h6-7,10,15H,2-5,8H2,1H3. The van der Waals surface area contributed by atoms with Crippen molar-refractivity contribution in [2.24, 2.45) is 5.92 Å². The van der Waals surface area contributed by atoms with E-state index in [4.69, 9.17) is 0 Å². The van der Waals surface area contributed by atoms with Crippen molar-refractivity contribution in [1.82, 2.24) is 0 Å². The summed E-state index contributed by atoms with van der Waals surface area (Å²) in [6.07, 6.45) is 2.26. The molecule has 104 valence electrons. The van der Waals surface area contributed by atoms with Crippen molar-refractivity contribution in [2.45, 2.75) is 19.8 Å². The van der Waals surface area contributed by atoms with Crippen molar-refractivity contribution in [2.75, 3.05) is 23.4 Å². The van der Waals surface area contributed by atoms with E-state index in [-0.39, 0.29) is 5.69 Å². The molecule has 1 heterocycles. The number of nitrogens with zero attached hydrogens (tertiary/aromatic N) is 1. The molecule has 0 radical (unpaired) electrons. The van der Waals surface area contributed by atoms with E-state index >= 15 is 0 Å². The van der Waals surface area contributed by atoms with Crippen LogP contribution in [-0.4, -0.2) is 23.0 Å². The Bertz CT molecular complexity index is 476. The van der Waals surface area contributed by atoms with E-state index in [1.165, 1.54) is 6.07 Å². The van der Waals surface area contributed by atoms with Gasteiger partial charge in [0.25, 0.3) is 5.69 Å². The molecule has 1 saturated heterocycles. The lowest BCUT2D eigenvalue weighted by Gasteiger charge is -2.22. The summed E-state index contributed by atoms with van der Waals surface area (Å²) in [5.74, 6) is 2.31. The molecule has 0 aliphatic carbocycles. The Morgan fingerprint density at radius 2 is 2.16 bits per heavy atom. The monoisotopic (exact) mass is 284 g/mol. The highest BCUT2D eigenvalue weighted by atomic mass is 32.2. The summed E-state index contributed by atoms with van der Waals surface area (Å²) in [5.41, 5.74) is 0.655. The van der Waals surface area contributed by atoms with Gasteiger partial charge in [0.1, 0.15) is 11.5 Å². The van der Waals surface area contributed by atoms with Crippen LogP contribution in [-0.2, 0) is 0 Å². The summed E-state index contributed by atoms with van der Waals surface area (Å²) >= 11 is 1.95. The Balaban J connectivity index is 2.09. The molecule has 6 heteroatoms. The number of benzene rings is 1. The van der Waals surface area contributed by atoms with Gasteiger partial charge in [-0.3, -0.25) is 10.1 Å². The van der Waals surface area contributed by atoms with E-state index in [1.54, 1.807) is 6.92 Å². The van der Waals surface area contributed by atoms with E-state index in [1.807, 2.05) is 11.8 Å². The lowest BCUT2D eigenvalue weighted by molar-refractivity contribution is -0.384. The van der Waals surface area contributed by atoms with E-state index < -0.39 is 10.7 Å². The number of aryl methyl sites for hydroxylation is 1. The summed E-state index contributed by atoms with van der Waals surface area (Å²) < 4.78 is 13.4. The zero-order valence-corrected chi connectivity index (χ0v) is 11.6. The van der Waals surface area contributed by atoms with Crippen molar-refractivity contribution >= 4 is 23.1 Å². The first-order chi connectivity index (χ1) is 9.08. The van der Waals surface area contributed by atoms with Crippen LogP contribution in [0.5, 0.6) is 0 Å². The van der Waals surface area contributed by atoms with E-state index in [9.17, 15) is 14.5 Å².